The van der Waals surface area contributed by atoms with E-state index < -0.39 is 5.91 Å². The number of thiazole rings is 1. The van der Waals surface area contributed by atoms with Gasteiger partial charge in [0, 0.05) is 27.5 Å². The van der Waals surface area contributed by atoms with Crippen LogP contribution in [-0.2, 0) is 11.2 Å². The molecule has 152 valence electrons. The highest BCUT2D eigenvalue weighted by Gasteiger charge is 2.13. The van der Waals surface area contributed by atoms with E-state index in [1.54, 1.807) is 24.4 Å². The number of amides is 1. The lowest BCUT2D eigenvalue weighted by Crippen LogP contribution is -2.13. The number of anilines is 1. The number of fused-ring (bicyclic) bond motifs is 1. The molecule has 7 heteroatoms. The molecule has 1 heterocycles. The minimum atomic E-state index is -0.503. The van der Waals surface area contributed by atoms with Gasteiger partial charge in [0.1, 0.15) is 11.6 Å². The van der Waals surface area contributed by atoms with Crippen molar-refractivity contribution in [3.63, 3.8) is 0 Å². The minimum Gasteiger partial charge on any atom is -0.297 e. The van der Waals surface area contributed by atoms with Gasteiger partial charge < -0.3 is 0 Å². The van der Waals surface area contributed by atoms with Crippen molar-refractivity contribution in [2.75, 3.05) is 5.32 Å². The van der Waals surface area contributed by atoms with Crippen LogP contribution in [0.1, 0.15) is 16.0 Å². The number of hydrogen-bond acceptors (Lipinski definition) is 4. The van der Waals surface area contributed by atoms with E-state index in [9.17, 15) is 10.1 Å². The van der Waals surface area contributed by atoms with Crippen LogP contribution in [0, 0.1) is 11.3 Å². The molecule has 1 N–H and O–H groups in total. The number of rotatable bonds is 5. The van der Waals surface area contributed by atoms with Gasteiger partial charge in [-0.05, 0) is 46.2 Å². The smallest absolute Gasteiger partial charge is 0.268 e. The third-order valence-corrected chi connectivity index (χ3v) is 6.15. The normalized spacial score (nSPS) is 11.3. The fourth-order valence-electron chi connectivity index (χ4n) is 3.16. The number of halogens is 2. The quantitative estimate of drug-likeness (QED) is 0.263. The van der Waals surface area contributed by atoms with Gasteiger partial charge in [-0.1, -0.05) is 65.7 Å². The van der Waals surface area contributed by atoms with Crippen molar-refractivity contribution in [1.82, 2.24) is 4.98 Å². The molecule has 0 fully saturated rings. The average Bonchev–Trinajstić information content (AvgIpc) is 3.21. The number of carbonyl (C=O) groups excluding carboxylic acids is 1. The molecule has 1 amide bonds. The third-order valence-electron chi connectivity index (χ3n) is 4.63. The predicted molar refractivity (Wildman–Crippen MR) is 128 cm³/mol. The summed E-state index contributed by atoms with van der Waals surface area (Å²) in [6, 6.07) is 20.9. The van der Waals surface area contributed by atoms with Gasteiger partial charge in [0.05, 0.1) is 0 Å². The molecular weight excluding hydrogens is 449 g/mol. The van der Waals surface area contributed by atoms with Crippen LogP contribution in [0.3, 0.4) is 0 Å². The Balaban J connectivity index is 1.53. The van der Waals surface area contributed by atoms with E-state index in [1.807, 2.05) is 54.6 Å². The molecule has 0 atom stereocenters. The molecule has 0 aliphatic rings. The fourth-order valence-corrected chi connectivity index (χ4v) is 4.37. The van der Waals surface area contributed by atoms with Crippen LogP contribution >= 0.6 is 34.5 Å². The second kappa shape index (κ2) is 9.32. The summed E-state index contributed by atoms with van der Waals surface area (Å²) in [4.78, 5) is 17.8. The Bertz CT molecular complexity index is 1350. The molecule has 1 aromatic heterocycles. The second-order valence-corrected chi connectivity index (χ2v) is 8.70. The summed E-state index contributed by atoms with van der Waals surface area (Å²) in [5, 5.41) is 15.9. The van der Waals surface area contributed by atoms with Gasteiger partial charge in [0.25, 0.3) is 5.91 Å². The molecule has 4 aromatic rings. The van der Waals surface area contributed by atoms with Crippen molar-refractivity contribution in [2.24, 2.45) is 0 Å². The Morgan fingerprint density at radius 3 is 2.77 bits per heavy atom. The Labute approximate surface area is 193 Å². The fraction of sp³-hybridized carbons (Fsp3) is 0.0417. The zero-order valence-corrected chi connectivity index (χ0v) is 18.4. The number of hydrogen-bond donors (Lipinski definition) is 1. The van der Waals surface area contributed by atoms with Crippen LogP contribution in [0.25, 0.3) is 16.8 Å². The standard InChI is InChI=1S/C24H15Cl2N3OS/c25-19-8-9-22(26)17(11-19)12-20-14-28-24(31-20)29-23(30)18(13-27)10-16-6-3-5-15-4-1-2-7-21(15)16/h1-11,14H,12H2,(H,28,29,30). The Morgan fingerprint density at radius 2 is 1.94 bits per heavy atom. The van der Waals surface area contributed by atoms with E-state index >= 15 is 0 Å². The number of benzene rings is 3. The first kappa shape index (κ1) is 21.1. The molecule has 3 aromatic carbocycles. The maximum absolute atomic E-state index is 12.7. The maximum atomic E-state index is 12.7. The molecule has 0 aliphatic carbocycles. The summed E-state index contributed by atoms with van der Waals surface area (Å²) >= 11 is 13.6. The molecular formula is C24H15Cl2N3OS. The largest absolute Gasteiger partial charge is 0.297 e. The second-order valence-electron chi connectivity index (χ2n) is 6.74. The van der Waals surface area contributed by atoms with Crippen molar-refractivity contribution >= 4 is 62.4 Å². The van der Waals surface area contributed by atoms with E-state index in [1.165, 1.54) is 11.3 Å². The molecule has 0 aliphatic heterocycles. The molecule has 0 bridgehead atoms. The summed E-state index contributed by atoms with van der Waals surface area (Å²) in [6.45, 7) is 0. The highest BCUT2D eigenvalue weighted by Crippen LogP contribution is 2.27. The van der Waals surface area contributed by atoms with Crippen molar-refractivity contribution < 1.29 is 4.79 Å². The lowest BCUT2D eigenvalue weighted by Gasteiger charge is -2.04. The molecule has 4 nitrogen and oxygen atoms in total. The predicted octanol–water partition coefficient (Wildman–Crippen LogP) is 6.74. The summed E-state index contributed by atoms with van der Waals surface area (Å²) in [5.41, 5.74) is 1.69. The third kappa shape index (κ3) is 4.95. The Morgan fingerprint density at radius 1 is 1.13 bits per heavy atom. The lowest BCUT2D eigenvalue weighted by molar-refractivity contribution is -0.112. The van der Waals surface area contributed by atoms with E-state index in [2.05, 4.69) is 10.3 Å². The maximum Gasteiger partial charge on any atom is 0.268 e. The number of nitriles is 1. The first-order valence-corrected chi connectivity index (χ1v) is 10.9. The summed E-state index contributed by atoms with van der Waals surface area (Å²) in [5.74, 6) is -0.503. The van der Waals surface area contributed by atoms with Crippen LogP contribution in [0.15, 0.2) is 72.4 Å². The van der Waals surface area contributed by atoms with Crippen LogP contribution in [0.5, 0.6) is 0 Å². The first-order chi connectivity index (χ1) is 15.0. The van der Waals surface area contributed by atoms with Gasteiger partial charge in [-0.25, -0.2) is 4.98 Å². The van der Waals surface area contributed by atoms with Gasteiger partial charge >= 0.3 is 0 Å². The number of aromatic nitrogens is 1. The minimum absolute atomic E-state index is 0.00555. The van der Waals surface area contributed by atoms with Crippen molar-refractivity contribution in [2.45, 2.75) is 6.42 Å². The van der Waals surface area contributed by atoms with E-state index in [0.29, 0.717) is 21.6 Å². The van der Waals surface area contributed by atoms with Crippen molar-refractivity contribution in [3.05, 3.63) is 98.5 Å². The number of carbonyl (C=O) groups is 1. The Kier molecular flexibility index (Phi) is 6.34. The van der Waals surface area contributed by atoms with E-state index in [-0.39, 0.29) is 5.57 Å². The van der Waals surface area contributed by atoms with E-state index in [0.717, 1.165) is 26.8 Å². The molecule has 0 saturated heterocycles. The molecule has 0 unspecified atom stereocenters. The summed E-state index contributed by atoms with van der Waals surface area (Å²) < 4.78 is 0. The Hall–Kier alpha value is -3.17. The molecule has 31 heavy (non-hydrogen) atoms. The zero-order valence-electron chi connectivity index (χ0n) is 16.1. The molecule has 0 spiro atoms. The molecule has 0 saturated carbocycles. The van der Waals surface area contributed by atoms with Crippen molar-refractivity contribution in [1.29, 1.82) is 5.26 Å². The van der Waals surface area contributed by atoms with Crippen LogP contribution in [0.4, 0.5) is 5.13 Å². The topological polar surface area (TPSA) is 65.8 Å². The SMILES string of the molecule is N#CC(=Cc1cccc2ccccc12)C(=O)Nc1ncc(Cc2cc(Cl)ccc2Cl)s1. The van der Waals surface area contributed by atoms with Crippen LogP contribution in [0.2, 0.25) is 10.0 Å². The van der Waals surface area contributed by atoms with Crippen LogP contribution < -0.4 is 5.32 Å². The van der Waals surface area contributed by atoms with E-state index in [4.69, 9.17) is 23.2 Å². The highest BCUT2D eigenvalue weighted by molar-refractivity contribution is 7.15. The van der Waals surface area contributed by atoms with Gasteiger partial charge in [0.15, 0.2) is 5.13 Å². The average molecular weight is 464 g/mol. The number of nitrogens with zero attached hydrogens (tertiary/aromatic N) is 2. The van der Waals surface area contributed by atoms with Gasteiger partial charge in [-0.15, -0.1) is 11.3 Å². The van der Waals surface area contributed by atoms with Crippen molar-refractivity contribution in [3.8, 4) is 6.07 Å². The zero-order chi connectivity index (χ0) is 21.8. The highest BCUT2D eigenvalue weighted by atomic mass is 35.5. The van der Waals surface area contributed by atoms with Gasteiger partial charge in [-0.2, -0.15) is 5.26 Å². The summed E-state index contributed by atoms with van der Waals surface area (Å²) in [6.07, 6.45) is 3.82. The van der Waals surface area contributed by atoms with Crippen LogP contribution in [-0.4, -0.2) is 10.9 Å². The summed E-state index contributed by atoms with van der Waals surface area (Å²) in [7, 11) is 0. The lowest BCUT2D eigenvalue weighted by atomic mass is 10.0. The van der Waals surface area contributed by atoms with Gasteiger partial charge in [0.2, 0.25) is 0 Å². The molecule has 4 rings (SSSR count). The molecule has 0 radical (unpaired) electrons. The van der Waals surface area contributed by atoms with Gasteiger partial charge in [-0.3, -0.25) is 10.1 Å². The number of nitrogens with one attached hydrogen (secondary N) is 1. The first-order valence-electron chi connectivity index (χ1n) is 9.33. The monoisotopic (exact) mass is 463 g/mol.